The monoisotopic (exact) mass is 278 g/mol. The summed E-state index contributed by atoms with van der Waals surface area (Å²) >= 11 is 0. The summed E-state index contributed by atoms with van der Waals surface area (Å²) in [5.41, 5.74) is 7.12. The van der Waals surface area contributed by atoms with Gasteiger partial charge in [-0.2, -0.15) is 0 Å². The first-order valence-electron chi connectivity index (χ1n) is 6.86. The van der Waals surface area contributed by atoms with E-state index in [0.717, 1.165) is 12.2 Å². The van der Waals surface area contributed by atoms with Crippen LogP contribution in [-0.2, 0) is 4.74 Å². The lowest BCUT2D eigenvalue weighted by Crippen LogP contribution is -2.45. The molecule has 1 fully saturated rings. The van der Waals surface area contributed by atoms with Crippen molar-refractivity contribution >= 4 is 6.09 Å². The Morgan fingerprint density at radius 2 is 2.25 bits per heavy atom. The summed E-state index contributed by atoms with van der Waals surface area (Å²) < 4.78 is 10.1. The van der Waals surface area contributed by atoms with Gasteiger partial charge >= 0.3 is 6.09 Å². The van der Waals surface area contributed by atoms with E-state index in [-0.39, 0.29) is 12.0 Å². The molecule has 1 amide bonds. The third-order valence-corrected chi connectivity index (χ3v) is 3.99. The maximum atomic E-state index is 11.6. The van der Waals surface area contributed by atoms with E-state index in [2.05, 4.69) is 12.1 Å². The second kappa shape index (κ2) is 6.61. The SMILES string of the molecule is COC(=O)N1CCC(c2cccc(OC)c2)C(CN)C1. The van der Waals surface area contributed by atoms with Crippen LogP contribution in [0.1, 0.15) is 17.9 Å². The standard InChI is InChI=1S/C15H22N2O3/c1-19-13-5-3-4-11(8-13)14-6-7-17(15(18)20-2)10-12(14)9-16/h3-5,8,12,14H,6-7,9-10,16H2,1-2H3. The minimum Gasteiger partial charge on any atom is -0.497 e. The van der Waals surface area contributed by atoms with Gasteiger partial charge in [-0.25, -0.2) is 4.79 Å². The number of carbonyl (C=O) groups excluding carboxylic acids is 1. The van der Waals surface area contributed by atoms with Gasteiger partial charge in [-0.3, -0.25) is 0 Å². The van der Waals surface area contributed by atoms with Crippen LogP contribution in [0.4, 0.5) is 4.79 Å². The number of hydrogen-bond acceptors (Lipinski definition) is 4. The number of likely N-dealkylation sites (tertiary alicyclic amines) is 1. The molecule has 1 aliphatic rings. The second-order valence-corrected chi connectivity index (χ2v) is 5.08. The largest absolute Gasteiger partial charge is 0.497 e. The molecule has 1 aromatic rings. The highest BCUT2D eigenvalue weighted by Crippen LogP contribution is 2.34. The molecule has 1 aliphatic heterocycles. The van der Waals surface area contributed by atoms with E-state index in [0.29, 0.717) is 25.6 Å². The fourth-order valence-electron chi connectivity index (χ4n) is 2.88. The van der Waals surface area contributed by atoms with Crippen LogP contribution in [0.2, 0.25) is 0 Å². The lowest BCUT2D eigenvalue weighted by atomic mass is 9.80. The van der Waals surface area contributed by atoms with E-state index in [4.69, 9.17) is 15.2 Å². The molecule has 110 valence electrons. The highest BCUT2D eigenvalue weighted by molar-refractivity contribution is 5.67. The minimum atomic E-state index is -0.271. The molecule has 2 N–H and O–H groups in total. The minimum absolute atomic E-state index is 0.245. The molecule has 5 nitrogen and oxygen atoms in total. The Morgan fingerprint density at radius 3 is 2.90 bits per heavy atom. The topological polar surface area (TPSA) is 64.8 Å². The quantitative estimate of drug-likeness (QED) is 0.916. The summed E-state index contributed by atoms with van der Waals surface area (Å²) in [6.45, 7) is 1.89. The molecule has 1 aromatic carbocycles. The highest BCUT2D eigenvalue weighted by Gasteiger charge is 2.32. The van der Waals surface area contributed by atoms with Crippen molar-refractivity contribution in [1.29, 1.82) is 0 Å². The smallest absolute Gasteiger partial charge is 0.409 e. The molecule has 1 heterocycles. The van der Waals surface area contributed by atoms with Crippen LogP contribution in [0.25, 0.3) is 0 Å². The maximum absolute atomic E-state index is 11.6. The number of methoxy groups -OCH3 is 2. The molecule has 2 unspecified atom stereocenters. The molecule has 0 aromatic heterocycles. The van der Waals surface area contributed by atoms with Gasteiger partial charge in [-0.1, -0.05) is 12.1 Å². The van der Waals surface area contributed by atoms with Crippen LogP contribution in [0, 0.1) is 5.92 Å². The van der Waals surface area contributed by atoms with Gasteiger partial charge < -0.3 is 20.1 Å². The number of hydrogen-bond donors (Lipinski definition) is 1. The van der Waals surface area contributed by atoms with Crippen molar-refractivity contribution in [2.24, 2.45) is 11.7 Å². The van der Waals surface area contributed by atoms with Gasteiger partial charge in [0.1, 0.15) is 5.75 Å². The summed E-state index contributed by atoms with van der Waals surface area (Å²) in [6, 6.07) is 8.09. The number of carbonyl (C=O) groups is 1. The van der Waals surface area contributed by atoms with Crippen LogP contribution >= 0.6 is 0 Å². The second-order valence-electron chi connectivity index (χ2n) is 5.08. The summed E-state index contributed by atoms with van der Waals surface area (Å²) in [7, 11) is 3.08. The lowest BCUT2D eigenvalue weighted by molar-refractivity contribution is 0.0970. The number of nitrogens with zero attached hydrogens (tertiary/aromatic N) is 1. The van der Waals surface area contributed by atoms with Crippen LogP contribution in [0.5, 0.6) is 5.75 Å². The van der Waals surface area contributed by atoms with Gasteiger partial charge in [0.05, 0.1) is 14.2 Å². The first-order valence-corrected chi connectivity index (χ1v) is 6.86. The molecule has 20 heavy (non-hydrogen) atoms. The van der Waals surface area contributed by atoms with Crippen LogP contribution in [0.15, 0.2) is 24.3 Å². The predicted molar refractivity (Wildman–Crippen MR) is 76.9 cm³/mol. The third-order valence-electron chi connectivity index (χ3n) is 3.99. The van der Waals surface area contributed by atoms with Gasteiger partial charge in [-0.15, -0.1) is 0 Å². The number of rotatable bonds is 3. The average Bonchev–Trinajstić information content (AvgIpc) is 2.53. The Bertz CT molecular complexity index is 464. The normalized spacial score (nSPS) is 22.4. The molecule has 0 radical (unpaired) electrons. The van der Waals surface area contributed by atoms with Crippen LogP contribution in [0.3, 0.4) is 0 Å². The van der Waals surface area contributed by atoms with Crippen molar-refractivity contribution in [1.82, 2.24) is 4.90 Å². The Labute approximate surface area is 119 Å². The zero-order valence-corrected chi connectivity index (χ0v) is 12.0. The van der Waals surface area contributed by atoms with Gasteiger partial charge in [0, 0.05) is 13.1 Å². The van der Waals surface area contributed by atoms with Crippen molar-refractivity contribution < 1.29 is 14.3 Å². The molecular formula is C15H22N2O3. The number of piperidine rings is 1. The first kappa shape index (κ1) is 14.7. The Kier molecular flexibility index (Phi) is 4.84. The molecule has 0 saturated carbocycles. The summed E-state index contributed by atoms with van der Waals surface area (Å²) in [5, 5.41) is 0. The van der Waals surface area contributed by atoms with Crippen molar-refractivity contribution in [3.8, 4) is 5.75 Å². The third kappa shape index (κ3) is 3.04. The molecular weight excluding hydrogens is 256 g/mol. The fourth-order valence-corrected chi connectivity index (χ4v) is 2.88. The number of nitrogens with two attached hydrogens (primary N) is 1. The molecule has 0 spiro atoms. The summed E-state index contributed by atoms with van der Waals surface area (Å²) in [6.07, 6.45) is 0.622. The van der Waals surface area contributed by atoms with Gasteiger partial charge in [0.25, 0.3) is 0 Å². The van der Waals surface area contributed by atoms with Gasteiger partial charge in [0.2, 0.25) is 0 Å². The fraction of sp³-hybridized carbons (Fsp3) is 0.533. The van der Waals surface area contributed by atoms with Gasteiger partial charge in [-0.05, 0) is 42.5 Å². The average molecular weight is 278 g/mol. The van der Waals surface area contributed by atoms with Crippen LogP contribution < -0.4 is 10.5 Å². The Hall–Kier alpha value is -1.75. The molecule has 0 aliphatic carbocycles. The van der Waals surface area contributed by atoms with E-state index >= 15 is 0 Å². The van der Waals surface area contributed by atoms with Crippen LogP contribution in [-0.4, -0.2) is 44.8 Å². The number of ether oxygens (including phenoxy) is 2. The van der Waals surface area contributed by atoms with E-state index in [1.165, 1.54) is 12.7 Å². The van der Waals surface area contributed by atoms with E-state index in [1.807, 2.05) is 12.1 Å². The van der Waals surface area contributed by atoms with E-state index in [9.17, 15) is 4.79 Å². The predicted octanol–water partition coefficient (Wildman–Crippen LogP) is 1.83. The number of amides is 1. The zero-order valence-electron chi connectivity index (χ0n) is 12.0. The van der Waals surface area contributed by atoms with E-state index < -0.39 is 0 Å². The molecule has 5 heteroatoms. The highest BCUT2D eigenvalue weighted by atomic mass is 16.5. The summed E-state index contributed by atoms with van der Waals surface area (Å²) in [5.74, 6) is 1.46. The molecule has 1 saturated heterocycles. The first-order chi connectivity index (χ1) is 9.69. The van der Waals surface area contributed by atoms with Crippen molar-refractivity contribution in [2.75, 3.05) is 33.9 Å². The number of benzene rings is 1. The van der Waals surface area contributed by atoms with Gasteiger partial charge in [0.15, 0.2) is 0 Å². The van der Waals surface area contributed by atoms with E-state index in [1.54, 1.807) is 12.0 Å². The Morgan fingerprint density at radius 1 is 1.45 bits per heavy atom. The van der Waals surface area contributed by atoms with Crippen molar-refractivity contribution in [2.45, 2.75) is 12.3 Å². The lowest BCUT2D eigenvalue weighted by Gasteiger charge is -2.37. The molecule has 0 bridgehead atoms. The Balaban J connectivity index is 2.14. The summed E-state index contributed by atoms with van der Waals surface area (Å²) in [4.78, 5) is 13.3. The maximum Gasteiger partial charge on any atom is 0.409 e. The van der Waals surface area contributed by atoms with Crippen molar-refractivity contribution in [3.05, 3.63) is 29.8 Å². The zero-order chi connectivity index (χ0) is 14.5. The molecule has 2 rings (SSSR count). The molecule has 2 atom stereocenters. The van der Waals surface area contributed by atoms with Crippen molar-refractivity contribution in [3.63, 3.8) is 0 Å².